The Morgan fingerprint density at radius 2 is 1.94 bits per heavy atom. The summed E-state index contributed by atoms with van der Waals surface area (Å²) in [6.07, 6.45) is 1.81. The zero-order chi connectivity index (χ0) is 26.9. The number of carbonyl (C=O) groups is 2. The fourth-order valence-corrected chi connectivity index (χ4v) is 4.78. The molecule has 6 N–H and O–H groups in total. The molecule has 0 radical (unpaired) electrons. The number of H-pyrrole nitrogens is 1. The number of amides is 2. The second kappa shape index (κ2) is 13.0. The number of hydrogen-bond donors (Lipinski definition) is 5. The van der Waals surface area contributed by atoms with Crippen molar-refractivity contribution < 1.29 is 27.9 Å². The van der Waals surface area contributed by atoms with E-state index in [1.54, 1.807) is 0 Å². The lowest BCUT2D eigenvalue weighted by Gasteiger charge is -2.17. The van der Waals surface area contributed by atoms with Gasteiger partial charge in [-0.25, -0.2) is 18.2 Å². The number of carbonyl (C=O) groups excluding carboxylic acids is 1. The molecule has 0 aliphatic heterocycles. The number of primary amides is 1. The number of nitrogens with one attached hydrogen (secondary N) is 3. The Morgan fingerprint density at radius 3 is 2.53 bits per heavy atom. The highest BCUT2D eigenvalue weighted by molar-refractivity contribution is 7.89. The summed E-state index contributed by atoms with van der Waals surface area (Å²) < 4.78 is 34.1. The maximum absolute atomic E-state index is 13.1. The third-order valence-electron chi connectivity index (χ3n) is 5.33. The van der Waals surface area contributed by atoms with E-state index >= 15 is 0 Å². The molecule has 36 heavy (non-hydrogen) atoms. The molecule has 1 unspecified atom stereocenters. The van der Waals surface area contributed by atoms with E-state index in [2.05, 4.69) is 20.0 Å². The number of aromatic amines is 1. The fraction of sp³-hybridized carbons (Fsp3) is 0.478. The smallest absolute Gasteiger partial charge is 0.321 e. The molecular formula is C23H33N5O7S. The number of aryl methyl sites for hydroxylation is 1. The van der Waals surface area contributed by atoms with Crippen molar-refractivity contribution in [3.05, 3.63) is 39.8 Å². The molecule has 0 aliphatic rings. The van der Waals surface area contributed by atoms with Crippen LogP contribution in [0.4, 0.5) is 4.79 Å². The first-order valence-electron chi connectivity index (χ1n) is 11.7. The average Bonchev–Trinajstić information content (AvgIpc) is 2.83. The molecule has 0 saturated carbocycles. The van der Waals surface area contributed by atoms with Crippen LogP contribution in [0.5, 0.6) is 5.75 Å². The molecule has 1 heterocycles. The maximum atomic E-state index is 13.1. The summed E-state index contributed by atoms with van der Waals surface area (Å²) in [5.74, 6) is -0.878. The molecule has 0 fully saturated rings. The normalized spacial score (nSPS) is 12.2. The molecule has 1 atom stereocenters. The van der Waals surface area contributed by atoms with Crippen molar-refractivity contribution in [2.24, 2.45) is 5.73 Å². The molecule has 0 bridgehead atoms. The number of urea groups is 1. The van der Waals surface area contributed by atoms with Gasteiger partial charge in [-0.1, -0.05) is 20.8 Å². The predicted octanol–water partition coefficient (Wildman–Crippen LogP) is 1.53. The van der Waals surface area contributed by atoms with Crippen molar-refractivity contribution in [3.8, 4) is 17.1 Å². The number of sulfonamides is 1. The quantitative estimate of drug-likeness (QED) is 0.230. The monoisotopic (exact) mass is 523 g/mol. The number of aromatic nitrogens is 2. The van der Waals surface area contributed by atoms with Gasteiger partial charge in [-0.2, -0.15) is 4.72 Å². The van der Waals surface area contributed by atoms with E-state index in [9.17, 15) is 27.9 Å². The SMILES string of the molecule is CCCOc1ccc(S(=O)(=O)NC(CCCNC(N)=O)C(=O)O)cc1-c1nc(CC)c(CC)c(=O)[nH]1. The molecule has 0 aliphatic carbocycles. The van der Waals surface area contributed by atoms with Crippen LogP contribution in [0.15, 0.2) is 27.9 Å². The first kappa shape index (κ1) is 28.8. The summed E-state index contributed by atoms with van der Waals surface area (Å²) in [4.78, 5) is 42.1. The minimum absolute atomic E-state index is 0.0768. The number of hydrogen-bond acceptors (Lipinski definition) is 7. The summed E-state index contributed by atoms with van der Waals surface area (Å²) in [5.41, 5.74) is 6.08. The number of nitrogens with zero attached hydrogens (tertiary/aromatic N) is 1. The standard InChI is InChI=1S/C23H33N5O7S/c1-4-12-35-19-10-9-14(13-16(19)20-26-17(6-3)15(5-2)21(29)27-20)36(33,34)28-18(22(30)31)8-7-11-25-23(24)32/h9-10,13,18,28H,4-8,11-12H2,1-3H3,(H,30,31)(H3,24,25,32)(H,26,27,29). The minimum Gasteiger partial charge on any atom is -0.493 e. The third-order valence-corrected chi connectivity index (χ3v) is 6.80. The highest BCUT2D eigenvalue weighted by Gasteiger charge is 2.26. The molecule has 0 spiro atoms. The van der Waals surface area contributed by atoms with E-state index in [1.165, 1.54) is 18.2 Å². The first-order chi connectivity index (χ1) is 17.0. The van der Waals surface area contributed by atoms with Gasteiger partial charge in [0.15, 0.2) is 0 Å². The van der Waals surface area contributed by atoms with Crippen molar-refractivity contribution in [1.29, 1.82) is 0 Å². The lowest BCUT2D eigenvalue weighted by Crippen LogP contribution is -2.41. The summed E-state index contributed by atoms with van der Waals surface area (Å²) in [5, 5.41) is 11.8. The lowest BCUT2D eigenvalue weighted by atomic mass is 10.1. The van der Waals surface area contributed by atoms with Gasteiger partial charge >= 0.3 is 12.0 Å². The Balaban J connectivity index is 2.47. The van der Waals surface area contributed by atoms with Crippen molar-refractivity contribution in [3.63, 3.8) is 0 Å². The van der Waals surface area contributed by atoms with Gasteiger partial charge < -0.3 is 25.9 Å². The van der Waals surface area contributed by atoms with E-state index in [1.807, 2.05) is 20.8 Å². The Morgan fingerprint density at radius 1 is 1.22 bits per heavy atom. The van der Waals surface area contributed by atoms with E-state index in [0.717, 1.165) is 0 Å². The number of nitrogens with two attached hydrogens (primary N) is 1. The Bertz CT molecular complexity index is 1240. The molecule has 1 aromatic carbocycles. The number of ether oxygens (including phenoxy) is 1. The summed E-state index contributed by atoms with van der Waals surface area (Å²) in [6.45, 7) is 6.09. The topological polar surface area (TPSA) is 194 Å². The van der Waals surface area contributed by atoms with Gasteiger partial charge in [-0.15, -0.1) is 0 Å². The summed E-state index contributed by atoms with van der Waals surface area (Å²) in [6, 6.07) is 1.85. The van der Waals surface area contributed by atoms with E-state index in [-0.39, 0.29) is 41.2 Å². The molecule has 2 rings (SSSR count). The number of carboxylic acids is 1. The molecule has 2 amide bonds. The van der Waals surface area contributed by atoms with Crippen LogP contribution in [-0.4, -0.2) is 54.7 Å². The molecule has 2 aromatic rings. The summed E-state index contributed by atoms with van der Waals surface area (Å²) >= 11 is 0. The fourth-order valence-electron chi connectivity index (χ4n) is 3.53. The van der Waals surface area contributed by atoms with Crippen LogP contribution in [-0.2, 0) is 27.7 Å². The highest BCUT2D eigenvalue weighted by Crippen LogP contribution is 2.31. The van der Waals surface area contributed by atoms with Gasteiger partial charge in [-0.3, -0.25) is 9.59 Å². The molecule has 0 saturated heterocycles. The van der Waals surface area contributed by atoms with Crippen LogP contribution in [0, 0.1) is 0 Å². The van der Waals surface area contributed by atoms with Crippen LogP contribution in [0.25, 0.3) is 11.4 Å². The van der Waals surface area contributed by atoms with Crippen LogP contribution >= 0.6 is 0 Å². The van der Waals surface area contributed by atoms with Gasteiger partial charge in [0, 0.05) is 12.1 Å². The second-order valence-corrected chi connectivity index (χ2v) is 9.71. The van der Waals surface area contributed by atoms with Crippen LogP contribution in [0.3, 0.4) is 0 Å². The van der Waals surface area contributed by atoms with Crippen molar-refractivity contribution in [2.45, 2.75) is 63.8 Å². The van der Waals surface area contributed by atoms with Gasteiger partial charge in [0.25, 0.3) is 5.56 Å². The number of rotatable bonds is 14. The number of aliphatic carboxylic acids is 1. The zero-order valence-corrected chi connectivity index (χ0v) is 21.4. The zero-order valence-electron chi connectivity index (χ0n) is 20.6. The van der Waals surface area contributed by atoms with Gasteiger partial charge in [0.05, 0.1) is 22.8 Å². The largest absolute Gasteiger partial charge is 0.493 e. The highest BCUT2D eigenvalue weighted by atomic mass is 32.2. The Hall–Kier alpha value is -3.45. The van der Waals surface area contributed by atoms with Gasteiger partial charge in [0.2, 0.25) is 10.0 Å². The number of carboxylic acid groups (broad SMARTS) is 1. The van der Waals surface area contributed by atoms with Gasteiger partial charge in [-0.05, 0) is 50.3 Å². The van der Waals surface area contributed by atoms with Crippen LogP contribution in [0.2, 0.25) is 0 Å². The molecular weight excluding hydrogens is 490 g/mol. The first-order valence-corrected chi connectivity index (χ1v) is 13.2. The third kappa shape index (κ3) is 7.52. The van der Waals surface area contributed by atoms with E-state index in [0.29, 0.717) is 42.9 Å². The molecule has 12 nitrogen and oxygen atoms in total. The molecule has 13 heteroatoms. The Labute approximate surface area is 209 Å². The molecule has 1 aromatic heterocycles. The van der Waals surface area contributed by atoms with Crippen molar-refractivity contribution in [1.82, 2.24) is 20.0 Å². The average molecular weight is 524 g/mol. The van der Waals surface area contributed by atoms with Crippen molar-refractivity contribution in [2.75, 3.05) is 13.2 Å². The second-order valence-electron chi connectivity index (χ2n) is 8.00. The Kier molecular flexibility index (Phi) is 10.4. The summed E-state index contributed by atoms with van der Waals surface area (Å²) in [7, 11) is -4.28. The molecule has 198 valence electrons. The minimum atomic E-state index is -4.28. The van der Waals surface area contributed by atoms with E-state index in [4.69, 9.17) is 10.5 Å². The van der Waals surface area contributed by atoms with Crippen LogP contribution < -0.4 is 26.1 Å². The number of benzene rings is 1. The van der Waals surface area contributed by atoms with Gasteiger partial charge in [0.1, 0.15) is 17.6 Å². The predicted molar refractivity (Wildman–Crippen MR) is 133 cm³/mol. The van der Waals surface area contributed by atoms with E-state index < -0.39 is 28.1 Å². The lowest BCUT2D eigenvalue weighted by molar-refractivity contribution is -0.139. The van der Waals surface area contributed by atoms with Crippen LogP contribution in [0.1, 0.15) is 51.3 Å². The maximum Gasteiger partial charge on any atom is 0.321 e. The van der Waals surface area contributed by atoms with Crippen molar-refractivity contribution >= 4 is 22.0 Å².